The highest BCUT2D eigenvalue weighted by Crippen LogP contribution is 2.23. The number of benzene rings is 1. The number of non-ortho nitro benzene ring substituents is 1. The van der Waals surface area contributed by atoms with Crippen LogP contribution in [0.15, 0.2) is 22.7 Å². The standard InChI is InChI=1S/C10H13BrN2O2/c1-7(12-2)5-8-3-4-9(13(14)15)6-10(8)11/h3-4,6-7,12H,5H2,1-2H3. The normalized spacial score (nSPS) is 12.5. The number of likely N-dealkylation sites (N-methyl/N-ethyl adjacent to an activating group) is 1. The Morgan fingerprint density at radius 3 is 2.73 bits per heavy atom. The van der Waals surface area contributed by atoms with Crippen molar-refractivity contribution in [2.45, 2.75) is 19.4 Å². The SMILES string of the molecule is CNC(C)Cc1ccc([N+](=O)[O-])cc1Br. The van der Waals surface area contributed by atoms with Gasteiger partial charge in [-0.2, -0.15) is 0 Å². The molecular weight excluding hydrogens is 260 g/mol. The Labute approximate surface area is 97.0 Å². The van der Waals surface area contributed by atoms with Crippen LogP contribution in [-0.2, 0) is 6.42 Å². The number of hydrogen-bond acceptors (Lipinski definition) is 3. The molecular formula is C10H13BrN2O2. The third kappa shape index (κ3) is 3.28. The molecule has 1 rings (SSSR count). The van der Waals surface area contributed by atoms with Crippen LogP contribution in [0.4, 0.5) is 5.69 Å². The second-order valence-corrected chi connectivity index (χ2v) is 4.28. The molecule has 0 amide bonds. The summed E-state index contributed by atoms with van der Waals surface area (Å²) in [4.78, 5) is 10.1. The maximum Gasteiger partial charge on any atom is 0.270 e. The Hall–Kier alpha value is -0.940. The molecule has 0 aliphatic carbocycles. The lowest BCUT2D eigenvalue weighted by Gasteiger charge is -2.11. The first kappa shape index (κ1) is 12.1. The van der Waals surface area contributed by atoms with Crippen LogP contribution in [0.3, 0.4) is 0 Å². The van der Waals surface area contributed by atoms with E-state index in [1.165, 1.54) is 12.1 Å². The van der Waals surface area contributed by atoms with Crippen molar-refractivity contribution >= 4 is 21.6 Å². The predicted molar refractivity (Wildman–Crippen MR) is 63.0 cm³/mol. The van der Waals surface area contributed by atoms with Crippen molar-refractivity contribution in [2.75, 3.05) is 7.05 Å². The van der Waals surface area contributed by atoms with E-state index in [1.54, 1.807) is 6.07 Å². The summed E-state index contributed by atoms with van der Waals surface area (Å²) in [5.41, 5.74) is 1.19. The van der Waals surface area contributed by atoms with E-state index in [4.69, 9.17) is 0 Å². The highest BCUT2D eigenvalue weighted by atomic mass is 79.9. The predicted octanol–water partition coefficient (Wildman–Crippen LogP) is 2.51. The Bertz CT molecular complexity index is 368. The Morgan fingerprint density at radius 2 is 2.27 bits per heavy atom. The van der Waals surface area contributed by atoms with Gasteiger partial charge in [0.25, 0.3) is 5.69 Å². The van der Waals surface area contributed by atoms with Crippen LogP contribution in [0.5, 0.6) is 0 Å². The zero-order valence-corrected chi connectivity index (χ0v) is 10.2. The van der Waals surface area contributed by atoms with Crippen molar-refractivity contribution in [1.29, 1.82) is 0 Å². The summed E-state index contributed by atoms with van der Waals surface area (Å²) < 4.78 is 0.791. The summed E-state index contributed by atoms with van der Waals surface area (Å²) in [5.74, 6) is 0. The molecule has 0 saturated carbocycles. The third-order valence-corrected chi connectivity index (χ3v) is 3.00. The van der Waals surface area contributed by atoms with Crippen molar-refractivity contribution < 1.29 is 4.92 Å². The van der Waals surface area contributed by atoms with Gasteiger partial charge >= 0.3 is 0 Å². The average Bonchev–Trinajstić information content (AvgIpc) is 2.20. The average molecular weight is 273 g/mol. The van der Waals surface area contributed by atoms with Crippen molar-refractivity contribution in [2.24, 2.45) is 0 Å². The maximum atomic E-state index is 10.5. The molecule has 0 saturated heterocycles. The molecule has 0 fully saturated rings. The summed E-state index contributed by atoms with van der Waals surface area (Å²) in [6, 6.07) is 5.21. The van der Waals surface area contributed by atoms with Gasteiger partial charge in [-0.25, -0.2) is 0 Å². The van der Waals surface area contributed by atoms with E-state index in [-0.39, 0.29) is 5.69 Å². The minimum Gasteiger partial charge on any atom is -0.317 e. The fourth-order valence-electron chi connectivity index (χ4n) is 1.25. The molecule has 1 aromatic carbocycles. The molecule has 1 unspecified atom stereocenters. The molecule has 0 heterocycles. The summed E-state index contributed by atoms with van der Waals surface area (Å²) in [5, 5.41) is 13.6. The van der Waals surface area contributed by atoms with Crippen LogP contribution in [0, 0.1) is 10.1 Å². The number of rotatable bonds is 4. The molecule has 1 atom stereocenters. The lowest BCUT2D eigenvalue weighted by atomic mass is 10.1. The zero-order valence-electron chi connectivity index (χ0n) is 8.66. The second kappa shape index (κ2) is 5.23. The van der Waals surface area contributed by atoms with E-state index in [0.29, 0.717) is 6.04 Å². The van der Waals surface area contributed by atoms with Crippen molar-refractivity contribution in [3.63, 3.8) is 0 Å². The van der Waals surface area contributed by atoms with Crippen molar-refractivity contribution in [1.82, 2.24) is 5.32 Å². The lowest BCUT2D eigenvalue weighted by Crippen LogP contribution is -2.23. The zero-order chi connectivity index (χ0) is 11.4. The number of halogens is 1. The topological polar surface area (TPSA) is 55.2 Å². The highest BCUT2D eigenvalue weighted by molar-refractivity contribution is 9.10. The van der Waals surface area contributed by atoms with Gasteiger partial charge in [-0.05, 0) is 26.0 Å². The molecule has 0 spiro atoms. The molecule has 0 aromatic heterocycles. The molecule has 0 radical (unpaired) electrons. The minimum atomic E-state index is -0.393. The van der Waals surface area contributed by atoms with Crippen LogP contribution < -0.4 is 5.32 Å². The van der Waals surface area contributed by atoms with Gasteiger partial charge in [-0.3, -0.25) is 10.1 Å². The molecule has 15 heavy (non-hydrogen) atoms. The summed E-state index contributed by atoms with van der Waals surface area (Å²) in [6.07, 6.45) is 0.842. The molecule has 4 nitrogen and oxygen atoms in total. The number of nitrogens with one attached hydrogen (secondary N) is 1. The van der Waals surface area contributed by atoms with Crippen LogP contribution in [0.25, 0.3) is 0 Å². The first-order valence-corrected chi connectivity index (χ1v) is 5.44. The summed E-state index contributed by atoms with van der Waals surface area (Å²) in [6.45, 7) is 2.06. The number of nitro groups is 1. The Kier molecular flexibility index (Phi) is 4.23. The van der Waals surface area contributed by atoms with E-state index in [2.05, 4.69) is 28.2 Å². The number of hydrogen-bond donors (Lipinski definition) is 1. The minimum absolute atomic E-state index is 0.114. The van der Waals surface area contributed by atoms with E-state index in [0.717, 1.165) is 16.5 Å². The molecule has 5 heteroatoms. The van der Waals surface area contributed by atoms with Crippen LogP contribution >= 0.6 is 15.9 Å². The first-order chi connectivity index (χ1) is 7.04. The monoisotopic (exact) mass is 272 g/mol. The van der Waals surface area contributed by atoms with Gasteiger partial charge in [0.15, 0.2) is 0 Å². The van der Waals surface area contributed by atoms with Gasteiger partial charge in [0.05, 0.1) is 4.92 Å². The van der Waals surface area contributed by atoms with E-state index < -0.39 is 4.92 Å². The van der Waals surface area contributed by atoms with Crippen molar-refractivity contribution in [3.8, 4) is 0 Å². The van der Waals surface area contributed by atoms with Crippen molar-refractivity contribution in [3.05, 3.63) is 38.3 Å². The van der Waals surface area contributed by atoms with Gasteiger partial charge in [0, 0.05) is 22.6 Å². The van der Waals surface area contributed by atoms with Crippen LogP contribution in [-0.4, -0.2) is 18.0 Å². The van der Waals surface area contributed by atoms with Gasteiger partial charge in [0.2, 0.25) is 0 Å². The van der Waals surface area contributed by atoms with Crippen LogP contribution in [0.2, 0.25) is 0 Å². The van der Waals surface area contributed by atoms with E-state index in [9.17, 15) is 10.1 Å². The fourth-order valence-corrected chi connectivity index (χ4v) is 1.78. The second-order valence-electron chi connectivity index (χ2n) is 3.43. The summed E-state index contributed by atoms with van der Waals surface area (Å²) >= 11 is 3.34. The highest BCUT2D eigenvalue weighted by Gasteiger charge is 2.10. The van der Waals surface area contributed by atoms with Gasteiger partial charge in [0.1, 0.15) is 0 Å². The molecule has 0 aliphatic heterocycles. The Morgan fingerprint density at radius 1 is 1.60 bits per heavy atom. The molecule has 1 N–H and O–H groups in total. The van der Waals surface area contributed by atoms with E-state index >= 15 is 0 Å². The number of nitrogens with zero attached hydrogens (tertiary/aromatic N) is 1. The molecule has 82 valence electrons. The van der Waals surface area contributed by atoms with Gasteiger partial charge < -0.3 is 5.32 Å². The Balaban J connectivity index is 2.88. The summed E-state index contributed by atoms with van der Waals surface area (Å²) in [7, 11) is 1.89. The third-order valence-electron chi connectivity index (χ3n) is 2.27. The lowest BCUT2D eigenvalue weighted by molar-refractivity contribution is -0.384. The maximum absolute atomic E-state index is 10.5. The van der Waals surface area contributed by atoms with Gasteiger partial charge in [-0.15, -0.1) is 0 Å². The quantitative estimate of drug-likeness (QED) is 0.677. The molecule has 1 aromatic rings. The molecule has 0 bridgehead atoms. The smallest absolute Gasteiger partial charge is 0.270 e. The van der Waals surface area contributed by atoms with Gasteiger partial charge in [-0.1, -0.05) is 22.0 Å². The van der Waals surface area contributed by atoms with Crippen LogP contribution in [0.1, 0.15) is 12.5 Å². The fraction of sp³-hybridized carbons (Fsp3) is 0.400. The van der Waals surface area contributed by atoms with E-state index in [1.807, 2.05) is 7.05 Å². The molecule has 0 aliphatic rings. The number of nitro benzene ring substituents is 1. The first-order valence-electron chi connectivity index (χ1n) is 4.64. The largest absolute Gasteiger partial charge is 0.317 e.